The highest BCUT2D eigenvalue weighted by Gasteiger charge is 2.13. The van der Waals surface area contributed by atoms with Gasteiger partial charge in [0.2, 0.25) is 0 Å². The van der Waals surface area contributed by atoms with E-state index in [0.717, 1.165) is 10.0 Å². The second-order valence-corrected chi connectivity index (χ2v) is 5.88. The smallest absolute Gasteiger partial charge is 0.257 e. The maximum atomic E-state index is 11.7. The summed E-state index contributed by atoms with van der Waals surface area (Å²) >= 11 is 3.43. The summed E-state index contributed by atoms with van der Waals surface area (Å²) in [7, 11) is 0. The zero-order valence-electron chi connectivity index (χ0n) is 12.7. The summed E-state index contributed by atoms with van der Waals surface area (Å²) in [6.07, 6.45) is 0. The molecule has 0 aromatic heterocycles. The molecule has 1 aromatic rings. The van der Waals surface area contributed by atoms with Crippen molar-refractivity contribution in [2.24, 2.45) is 11.7 Å². The predicted molar refractivity (Wildman–Crippen MR) is 86.5 cm³/mol. The van der Waals surface area contributed by atoms with Gasteiger partial charge in [-0.05, 0) is 46.5 Å². The van der Waals surface area contributed by atoms with Gasteiger partial charge in [0, 0.05) is 13.1 Å². The molecule has 0 heterocycles. The molecule has 5 nitrogen and oxygen atoms in total. The van der Waals surface area contributed by atoms with Gasteiger partial charge in [0.1, 0.15) is 0 Å². The molecule has 0 bridgehead atoms. The number of nitrogens with two attached hydrogens (primary N) is 1. The van der Waals surface area contributed by atoms with Crippen LogP contribution in [0.1, 0.15) is 26.3 Å². The fraction of sp³-hybridized carbons (Fsp3) is 0.533. The van der Waals surface area contributed by atoms with E-state index in [-0.39, 0.29) is 12.5 Å². The molecular weight excluding hydrogens is 336 g/mol. The summed E-state index contributed by atoms with van der Waals surface area (Å²) in [5.41, 5.74) is 6.57. The standard InChI is InChI=1S/C15H23BrN2O3/c1-4-20-13-6-11(7-17)5-12(16)15(13)21-9-14(19)18-8-10(2)3/h5-6,10H,4,7-9,17H2,1-3H3,(H,18,19). The summed E-state index contributed by atoms with van der Waals surface area (Å²) in [4.78, 5) is 11.7. The minimum absolute atomic E-state index is 0.0482. The molecular formula is C15H23BrN2O3. The van der Waals surface area contributed by atoms with Gasteiger partial charge in [-0.25, -0.2) is 0 Å². The quantitative estimate of drug-likeness (QED) is 0.748. The van der Waals surface area contributed by atoms with Crippen LogP contribution in [-0.4, -0.2) is 25.7 Å². The van der Waals surface area contributed by atoms with E-state index in [1.807, 2.05) is 32.9 Å². The monoisotopic (exact) mass is 358 g/mol. The summed E-state index contributed by atoms with van der Waals surface area (Å²) in [5.74, 6) is 1.36. The second kappa shape index (κ2) is 8.89. The second-order valence-electron chi connectivity index (χ2n) is 5.03. The molecule has 0 atom stereocenters. The zero-order valence-corrected chi connectivity index (χ0v) is 14.3. The van der Waals surface area contributed by atoms with Crippen LogP contribution in [0, 0.1) is 5.92 Å². The number of ether oxygens (including phenoxy) is 2. The van der Waals surface area contributed by atoms with E-state index < -0.39 is 0 Å². The van der Waals surface area contributed by atoms with Gasteiger partial charge in [0.25, 0.3) is 5.91 Å². The fourth-order valence-electron chi connectivity index (χ4n) is 1.65. The third kappa shape index (κ3) is 5.93. The molecule has 1 amide bonds. The fourth-order valence-corrected chi connectivity index (χ4v) is 2.25. The SMILES string of the molecule is CCOc1cc(CN)cc(Br)c1OCC(=O)NCC(C)C. The van der Waals surface area contributed by atoms with Crippen molar-refractivity contribution in [3.05, 3.63) is 22.2 Å². The van der Waals surface area contributed by atoms with E-state index in [1.165, 1.54) is 0 Å². The number of benzene rings is 1. The summed E-state index contributed by atoms with van der Waals surface area (Å²) in [6.45, 7) is 7.47. The van der Waals surface area contributed by atoms with Gasteiger partial charge in [-0.3, -0.25) is 4.79 Å². The average Bonchev–Trinajstić information content (AvgIpc) is 2.44. The number of carbonyl (C=O) groups is 1. The lowest BCUT2D eigenvalue weighted by molar-refractivity contribution is -0.123. The Balaban J connectivity index is 2.75. The van der Waals surface area contributed by atoms with Crippen LogP contribution in [0.15, 0.2) is 16.6 Å². The van der Waals surface area contributed by atoms with Crippen molar-refractivity contribution in [1.29, 1.82) is 0 Å². The van der Waals surface area contributed by atoms with Crippen LogP contribution in [0.5, 0.6) is 11.5 Å². The Morgan fingerprint density at radius 1 is 1.38 bits per heavy atom. The maximum absolute atomic E-state index is 11.7. The van der Waals surface area contributed by atoms with Crippen molar-refractivity contribution in [3.63, 3.8) is 0 Å². The first-order valence-electron chi connectivity index (χ1n) is 7.02. The van der Waals surface area contributed by atoms with E-state index in [4.69, 9.17) is 15.2 Å². The van der Waals surface area contributed by atoms with Crippen molar-refractivity contribution in [2.45, 2.75) is 27.3 Å². The van der Waals surface area contributed by atoms with Crippen molar-refractivity contribution < 1.29 is 14.3 Å². The highest BCUT2D eigenvalue weighted by Crippen LogP contribution is 2.36. The van der Waals surface area contributed by atoms with Crippen molar-refractivity contribution in [3.8, 4) is 11.5 Å². The molecule has 0 saturated heterocycles. The Morgan fingerprint density at radius 3 is 2.67 bits per heavy atom. The van der Waals surface area contributed by atoms with Gasteiger partial charge in [-0.2, -0.15) is 0 Å². The average molecular weight is 359 g/mol. The van der Waals surface area contributed by atoms with E-state index in [1.54, 1.807) is 0 Å². The number of amides is 1. The lowest BCUT2D eigenvalue weighted by atomic mass is 10.2. The van der Waals surface area contributed by atoms with E-state index in [9.17, 15) is 4.79 Å². The van der Waals surface area contributed by atoms with Gasteiger partial charge >= 0.3 is 0 Å². The lowest BCUT2D eigenvalue weighted by Gasteiger charge is -2.15. The Bertz CT molecular complexity index is 478. The molecule has 6 heteroatoms. The minimum Gasteiger partial charge on any atom is -0.490 e. The Hall–Kier alpha value is -1.27. The molecule has 0 radical (unpaired) electrons. The molecule has 0 fully saturated rings. The Labute approximate surface area is 134 Å². The third-order valence-electron chi connectivity index (χ3n) is 2.66. The van der Waals surface area contributed by atoms with E-state index in [0.29, 0.717) is 37.1 Å². The van der Waals surface area contributed by atoms with Gasteiger partial charge in [-0.1, -0.05) is 13.8 Å². The van der Waals surface area contributed by atoms with Gasteiger partial charge in [-0.15, -0.1) is 0 Å². The number of hydrogen-bond acceptors (Lipinski definition) is 4. The first-order chi connectivity index (χ1) is 9.97. The normalized spacial score (nSPS) is 10.6. The first-order valence-corrected chi connectivity index (χ1v) is 7.82. The first kappa shape index (κ1) is 17.8. The van der Waals surface area contributed by atoms with Crippen LogP contribution in [0.3, 0.4) is 0 Å². The molecule has 0 saturated carbocycles. The van der Waals surface area contributed by atoms with Crippen LogP contribution in [0.25, 0.3) is 0 Å². The van der Waals surface area contributed by atoms with Crippen LogP contribution >= 0.6 is 15.9 Å². The van der Waals surface area contributed by atoms with Crippen molar-refractivity contribution in [2.75, 3.05) is 19.8 Å². The van der Waals surface area contributed by atoms with Crippen molar-refractivity contribution >= 4 is 21.8 Å². The molecule has 1 aromatic carbocycles. The number of halogens is 1. The number of carbonyl (C=O) groups excluding carboxylic acids is 1. The van der Waals surface area contributed by atoms with Crippen LogP contribution in [-0.2, 0) is 11.3 Å². The Kier molecular flexibility index (Phi) is 7.53. The summed E-state index contributed by atoms with van der Waals surface area (Å²) < 4.78 is 11.9. The van der Waals surface area contributed by atoms with Gasteiger partial charge < -0.3 is 20.5 Å². The molecule has 118 valence electrons. The maximum Gasteiger partial charge on any atom is 0.257 e. The van der Waals surface area contributed by atoms with E-state index in [2.05, 4.69) is 21.2 Å². The van der Waals surface area contributed by atoms with Crippen molar-refractivity contribution in [1.82, 2.24) is 5.32 Å². The van der Waals surface area contributed by atoms with Gasteiger partial charge in [0.05, 0.1) is 11.1 Å². The lowest BCUT2D eigenvalue weighted by Crippen LogP contribution is -2.31. The van der Waals surface area contributed by atoms with Crippen LogP contribution in [0.4, 0.5) is 0 Å². The minimum atomic E-state index is -0.152. The molecule has 3 N–H and O–H groups in total. The summed E-state index contributed by atoms with van der Waals surface area (Å²) in [5, 5.41) is 2.81. The predicted octanol–water partition coefficient (Wildman–Crippen LogP) is 2.46. The highest BCUT2D eigenvalue weighted by molar-refractivity contribution is 9.10. The molecule has 0 unspecified atom stereocenters. The highest BCUT2D eigenvalue weighted by atomic mass is 79.9. The Morgan fingerprint density at radius 2 is 2.10 bits per heavy atom. The third-order valence-corrected chi connectivity index (χ3v) is 3.25. The molecule has 1 rings (SSSR count). The largest absolute Gasteiger partial charge is 0.490 e. The van der Waals surface area contributed by atoms with Crippen LogP contribution < -0.4 is 20.5 Å². The van der Waals surface area contributed by atoms with E-state index >= 15 is 0 Å². The number of nitrogens with one attached hydrogen (secondary N) is 1. The number of rotatable bonds is 8. The number of hydrogen-bond donors (Lipinski definition) is 2. The van der Waals surface area contributed by atoms with Gasteiger partial charge in [0.15, 0.2) is 18.1 Å². The topological polar surface area (TPSA) is 73.6 Å². The molecule has 0 aliphatic heterocycles. The van der Waals surface area contributed by atoms with Crippen LogP contribution in [0.2, 0.25) is 0 Å². The molecule has 0 aliphatic carbocycles. The molecule has 0 spiro atoms. The molecule has 0 aliphatic rings. The summed E-state index contributed by atoms with van der Waals surface area (Å²) in [6, 6.07) is 3.69. The zero-order chi connectivity index (χ0) is 15.8. The molecule has 21 heavy (non-hydrogen) atoms.